The van der Waals surface area contributed by atoms with E-state index in [1.807, 2.05) is 24.3 Å². The van der Waals surface area contributed by atoms with E-state index in [4.69, 9.17) is 5.73 Å². The lowest BCUT2D eigenvalue weighted by molar-refractivity contribution is -0.132. The number of piperazine rings is 1. The second-order valence-electron chi connectivity index (χ2n) is 8.05. The van der Waals surface area contributed by atoms with Crippen LogP contribution in [0.15, 0.2) is 46.2 Å². The van der Waals surface area contributed by atoms with Crippen LogP contribution in [0.3, 0.4) is 0 Å². The van der Waals surface area contributed by atoms with Gasteiger partial charge in [0.15, 0.2) is 0 Å². The Hall–Kier alpha value is -3.38. The Morgan fingerprint density at radius 2 is 1.67 bits per heavy atom. The molecule has 4 rings (SSSR count). The van der Waals surface area contributed by atoms with Crippen LogP contribution in [-0.2, 0) is 35.5 Å². The number of sulfonamides is 1. The van der Waals surface area contributed by atoms with Gasteiger partial charge in [0.05, 0.1) is 11.0 Å². The minimum absolute atomic E-state index is 0.00564. The second kappa shape index (κ2) is 8.52. The minimum atomic E-state index is -3.81. The number of amides is 2. The molecule has 11 nitrogen and oxygen atoms in total. The van der Waals surface area contributed by atoms with Gasteiger partial charge < -0.3 is 15.2 Å². The molecule has 12 heteroatoms. The Labute approximate surface area is 190 Å². The van der Waals surface area contributed by atoms with Crippen molar-refractivity contribution in [3.63, 3.8) is 0 Å². The fourth-order valence-corrected chi connectivity index (χ4v) is 5.69. The molecule has 1 saturated heterocycles. The van der Waals surface area contributed by atoms with Gasteiger partial charge in [0, 0.05) is 59.4 Å². The van der Waals surface area contributed by atoms with E-state index in [0.717, 1.165) is 11.0 Å². The highest BCUT2D eigenvalue weighted by Gasteiger charge is 2.31. The summed E-state index contributed by atoms with van der Waals surface area (Å²) in [6.45, 7) is 1.03. The molecule has 1 fully saturated rings. The number of rotatable bonds is 6. The summed E-state index contributed by atoms with van der Waals surface area (Å²) < 4.78 is 31.7. The zero-order chi connectivity index (χ0) is 23.9. The molecule has 0 spiro atoms. The van der Waals surface area contributed by atoms with Gasteiger partial charge in [-0.1, -0.05) is 12.1 Å². The quantitative estimate of drug-likeness (QED) is 0.524. The first kappa shape index (κ1) is 22.8. The van der Waals surface area contributed by atoms with Crippen molar-refractivity contribution < 1.29 is 18.0 Å². The van der Waals surface area contributed by atoms with Crippen LogP contribution in [0.25, 0.3) is 11.0 Å². The van der Waals surface area contributed by atoms with Crippen LogP contribution in [0.1, 0.15) is 16.9 Å². The number of aromatic nitrogens is 3. The summed E-state index contributed by atoms with van der Waals surface area (Å²) in [6, 6.07) is 8.66. The van der Waals surface area contributed by atoms with Gasteiger partial charge in [0.1, 0.15) is 10.6 Å². The van der Waals surface area contributed by atoms with Gasteiger partial charge in [-0.3, -0.25) is 18.7 Å². The third kappa shape index (κ3) is 4.07. The van der Waals surface area contributed by atoms with E-state index in [0.29, 0.717) is 0 Å². The first-order chi connectivity index (χ1) is 15.6. The SMILES string of the molecule is Cn1cc(S(=O)(=O)N2CCN(C(=O)CCn3c(=O)n(C)c4ccccc43)CC2)cc1C(N)=O. The van der Waals surface area contributed by atoms with Crippen LogP contribution in [0, 0.1) is 0 Å². The van der Waals surface area contributed by atoms with Crippen molar-refractivity contribution in [2.45, 2.75) is 17.9 Å². The van der Waals surface area contributed by atoms with Crippen molar-refractivity contribution in [2.75, 3.05) is 26.2 Å². The summed E-state index contributed by atoms with van der Waals surface area (Å²) >= 11 is 0. The van der Waals surface area contributed by atoms with Gasteiger partial charge in [0.2, 0.25) is 15.9 Å². The maximum Gasteiger partial charge on any atom is 0.328 e. The van der Waals surface area contributed by atoms with E-state index in [2.05, 4.69) is 0 Å². The summed E-state index contributed by atoms with van der Waals surface area (Å²) in [5.41, 5.74) is 6.77. The molecule has 3 heterocycles. The van der Waals surface area contributed by atoms with Crippen molar-refractivity contribution in [3.05, 3.63) is 52.7 Å². The van der Waals surface area contributed by atoms with Crippen molar-refractivity contribution in [2.24, 2.45) is 19.8 Å². The zero-order valence-corrected chi connectivity index (χ0v) is 19.3. The number of para-hydroxylation sites is 2. The molecule has 33 heavy (non-hydrogen) atoms. The first-order valence-corrected chi connectivity index (χ1v) is 11.9. The van der Waals surface area contributed by atoms with Gasteiger partial charge in [-0.2, -0.15) is 4.31 Å². The van der Waals surface area contributed by atoms with E-state index in [9.17, 15) is 22.8 Å². The fourth-order valence-electron chi connectivity index (χ4n) is 4.19. The number of benzene rings is 1. The Bertz CT molecular complexity index is 1390. The fraction of sp³-hybridized carbons (Fsp3) is 0.381. The van der Waals surface area contributed by atoms with Crippen LogP contribution < -0.4 is 11.4 Å². The number of nitrogens with zero attached hydrogens (tertiary/aromatic N) is 5. The predicted octanol–water partition coefficient (Wildman–Crippen LogP) is -0.299. The third-order valence-corrected chi connectivity index (χ3v) is 7.93. The molecule has 1 aliphatic rings. The zero-order valence-electron chi connectivity index (χ0n) is 18.5. The van der Waals surface area contributed by atoms with E-state index < -0.39 is 15.9 Å². The van der Waals surface area contributed by atoms with Crippen LogP contribution in [0.2, 0.25) is 0 Å². The van der Waals surface area contributed by atoms with E-state index in [1.165, 1.54) is 21.1 Å². The topological polar surface area (TPSA) is 133 Å². The van der Waals surface area contributed by atoms with Crippen molar-refractivity contribution in [1.29, 1.82) is 0 Å². The minimum Gasteiger partial charge on any atom is -0.364 e. The smallest absolute Gasteiger partial charge is 0.328 e. The van der Waals surface area contributed by atoms with Crippen molar-refractivity contribution in [3.8, 4) is 0 Å². The normalized spacial score (nSPS) is 15.3. The van der Waals surface area contributed by atoms with Crippen LogP contribution in [0.4, 0.5) is 0 Å². The van der Waals surface area contributed by atoms with E-state index in [1.54, 1.807) is 28.1 Å². The molecular weight excluding hydrogens is 448 g/mol. The number of aryl methyl sites for hydroxylation is 3. The molecule has 2 amide bonds. The monoisotopic (exact) mass is 474 g/mol. The molecule has 0 saturated carbocycles. The van der Waals surface area contributed by atoms with Crippen molar-refractivity contribution >= 4 is 32.9 Å². The predicted molar refractivity (Wildman–Crippen MR) is 121 cm³/mol. The molecule has 0 atom stereocenters. The molecule has 1 aromatic carbocycles. The average Bonchev–Trinajstić information content (AvgIpc) is 3.31. The Morgan fingerprint density at radius 3 is 2.27 bits per heavy atom. The Morgan fingerprint density at radius 1 is 1.03 bits per heavy atom. The molecule has 3 aromatic rings. The first-order valence-electron chi connectivity index (χ1n) is 10.5. The third-order valence-electron chi connectivity index (χ3n) is 6.06. The van der Waals surface area contributed by atoms with Gasteiger partial charge in [-0.25, -0.2) is 13.2 Å². The number of hydrogen-bond donors (Lipinski definition) is 1. The lowest BCUT2D eigenvalue weighted by atomic mass is 10.3. The highest BCUT2D eigenvalue weighted by Crippen LogP contribution is 2.20. The standard InChI is InChI=1S/C21H26N6O5S/c1-23-14-15(13-18(23)20(22)29)33(31,32)26-11-9-25(10-12-26)19(28)7-8-27-17-6-4-3-5-16(17)24(2)21(27)30/h3-6,13-14H,7-12H2,1-2H3,(H2,22,29). The number of fused-ring (bicyclic) bond motifs is 1. The molecule has 2 aromatic heterocycles. The van der Waals surface area contributed by atoms with Crippen LogP contribution in [0.5, 0.6) is 0 Å². The average molecular weight is 475 g/mol. The van der Waals surface area contributed by atoms with E-state index >= 15 is 0 Å². The molecule has 0 radical (unpaired) electrons. The molecule has 2 N–H and O–H groups in total. The maximum absolute atomic E-state index is 12.9. The summed E-state index contributed by atoms with van der Waals surface area (Å²) in [4.78, 5) is 38.3. The molecule has 176 valence electrons. The maximum atomic E-state index is 12.9. The molecule has 0 unspecified atom stereocenters. The molecule has 0 aliphatic carbocycles. The van der Waals surface area contributed by atoms with Crippen molar-refractivity contribution in [1.82, 2.24) is 22.9 Å². The lowest BCUT2D eigenvalue weighted by Crippen LogP contribution is -2.50. The molecule has 0 bridgehead atoms. The summed E-state index contributed by atoms with van der Waals surface area (Å²) in [6.07, 6.45) is 1.50. The van der Waals surface area contributed by atoms with Gasteiger partial charge in [-0.15, -0.1) is 0 Å². The lowest BCUT2D eigenvalue weighted by Gasteiger charge is -2.33. The largest absolute Gasteiger partial charge is 0.364 e. The number of primary amides is 1. The van der Waals surface area contributed by atoms with Gasteiger partial charge in [0.25, 0.3) is 5.91 Å². The second-order valence-corrected chi connectivity index (χ2v) is 9.99. The van der Waals surface area contributed by atoms with Gasteiger partial charge in [-0.05, 0) is 18.2 Å². The Kier molecular flexibility index (Phi) is 5.89. The highest BCUT2D eigenvalue weighted by molar-refractivity contribution is 7.89. The number of nitrogens with two attached hydrogens (primary N) is 1. The summed E-state index contributed by atoms with van der Waals surface area (Å²) in [5, 5.41) is 0. The summed E-state index contributed by atoms with van der Waals surface area (Å²) in [7, 11) is -0.561. The number of carbonyl (C=O) groups is 2. The van der Waals surface area contributed by atoms with Gasteiger partial charge >= 0.3 is 5.69 Å². The highest BCUT2D eigenvalue weighted by atomic mass is 32.2. The number of hydrogen-bond acceptors (Lipinski definition) is 5. The number of imidazole rings is 1. The van der Waals surface area contributed by atoms with Crippen LogP contribution in [-0.4, -0.2) is 69.3 Å². The van der Waals surface area contributed by atoms with Crippen LogP contribution >= 0.6 is 0 Å². The van der Waals surface area contributed by atoms with E-state index in [-0.39, 0.29) is 61.3 Å². The molecular formula is C21H26N6O5S. The summed E-state index contributed by atoms with van der Waals surface area (Å²) in [5.74, 6) is -0.845. The molecule has 1 aliphatic heterocycles. The number of carbonyl (C=O) groups excluding carboxylic acids is 2. The Balaban J connectivity index is 1.40.